The van der Waals surface area contributed by atoms with Crippen LogP contribution in [-0.2, 0) is 11.3 Å². The Labute approximate surface area is 157 Å². The second-order valence-electron chi connectivity index (χ2n) is 8.07. The van der Waals surface area contributed by atoms with E-state index in [1.54, 1.807) is 0 Å². The van der Waals surface area contributed by atoms with E-state index in [1.807, 2.05) is 50.6 Å². The molecule has 0 spiro atoms. The van der Waals surface area contributed by atoms with E-state index in [-0.39, 0.29) is 11.3 Å². The van der Waals surface area contributed by atoms with Crippen molar-refractivity contribution in [2.75, 3.05) is 5.32 Å². The van der Waals surface area contributed by atoms with Crippen molar-refractivity contribution in [3.05, 3.63) is 59.3 Å². The van der Waals surface area contributed by atoms with Crippen LogP contribution < -0.4 is 5.32 Å². The lowest BCUT2D eigenvalue weighted by Crippen LogP contribution is -2.20. The SMILES string of the molecule is Cc1cc2c(ccn2Cc2cc(F)cc(F)c2)nc1NC(=O)CC(C)(C)C. The van der Waals surface area contributed by atoms with Crippen molar-refractivity contribution in [3.8, 4) is 0 Å². The summed E-state index contributed by atoms with van der Waals surface area (Å²) in [6.45, 7) is 8.22. The standard InChI is InChI=1S/C21H23F2N3O/c1-13-7-18-17(24-20(13)25-19(27)11-21(2,3)4)5-6-26(18)12-14-8-15(22)10-16(23)9-14/h5-10H,11-12H2,1-4H3,(H,24,25,27). The van der Waals surface area contributed by atoms with Gasteiger partial charge in [0.2, 0.25) is 5.91 Å². The van der Waals surface area contributed by atoms with Gasteiger partial charge in [-0.05, 0) is 47.7 Å². The van der Waals surface area contributed by atoms with Crippen molar-refractivity contribution >= 4 is 22.8 Å². The summed E-state index contributed by atoms with van der Waals surface area (Å²) in [5, 5.41) is 2.87. The fourth-order valence-corrected chi connectivity index (χ4v) is 3.03. The highest BCUT2D eigenvalue weighted by Crippen LogP contribution is 2.24. The molecule has 142 valence electrons. The van der Waals surface area contributed by atoms with Crippen LogP contribution >= 0.6 is 0 Å². The van der Waals surface area contributed by atoms with Crippen molar-refractivity contribution in [2.45, 2.75) is 40.7 Å². The zero-order valence-corrected chi connectivity index (χ0v) is 15.9. The van der Waals surface area contributed by atoms with Gasteiger partial charge >= 0.3 is 0 Å². The second kappa shape index (κ2) is 7.10. The van der Waals surface area contributed by atoms with Crippen LogP contribution in [0.5, 0.6) is 0 Å². The van der Waals surface area contributed by atoms with Gasteiger partial charge in [-0.3, -0.25) is 4.79 Å². The first-order chi connectivity index (χ1) is 12.6. The molecule has 1 amide bonds. The highest BCUT2D eigenvalue weighted by molar-refractivity contribution is 5.92. The number of pyridine rings is 1. The van der Waals surface area contributed by atoms with E-state index >= 15 is 0 Å². The lowest BCUT2D eigenvalue weighted by Gasteiger charge is -2.17. The van der Waals surface area contributed by atoms with Crippen LogP contribution in [0.3, 0.4) is 0 Å². The molecule has 0 radical (unpaired) electrons. The molecule has 1 N–H and O–H groups in total. The number of benzene rings is 1. The largest absolute Gasteiger partial charge is 0.342 e. The van der Waals surface area contributed by atoms with E-state index < -0.39 is 11.6 Å². The predicted molar refractivity (Wildman–Crippen MR) is 103 cm³/mol. The van der Waals surface area contributed by atoms with Crippen LogP contribution in [0, 0.1) is 24.0 Å². The van der Waals surface area contributed by atoms with Crippen LogP contribution in [0.4, 0.5) is 14.6 Å². The number of carbonyl (C=O) groups is 1. The Morgan fingerprint density at radius 2 is 1.81 bits per heavy atom. The average molecular weight is 371 g/mol. The minimum absolute atomic E-state index is 0.0767. The molecule has 0 atom stereocenters. The fourth-order valence-electron chi connectivity index (χ4n) is 3.03. The van der Waals surface area contributed by atoms with Crippen molar-refractivity contribution in [3.63, 3.8) is 0 Å². The lowest BCUT2D eigenvalue weighted by molar-refractivity contribution is -0.117. The van der Waals surface area contributed by atoms with E-state index in [9.17, 15) is 13.6 Å². The zero-order valence-electron chi connectivity index (χ0n) is 15.9. The van der Waals surface area contributed by atoms with Gasteiger partial charge in [0, 0.05) is 25.2 Å². The van der Waals surface area contributed by atoms with Gasteiger partial charge in [-0.25, -0.2) is 13.8 Å². The maximum Gasteiger partial charge on any atom is 0.226 e. The summed E-state index contributed by atoms with van der Waals surface area (Å²) in [7, 11) is 0. The Kier molecular flexibility index (Phi) is 5.00. The first-order valence-corrected chi connectivity index (χ1v) is 8.82. The molecule has 0 bridgehead atoms. The zero-order chi connectivity index (χ0) is 19.8. The third-order valence-corrected chi connectivity index (χ3v) is 4.17. The van der Waals surface area contributed by atoms with Gasteiger partial charge in [0.25, 0.3) is 0 Å². The molecule has 3 rings (SSSR count). The molecule has 2 heterocycles. The van der Waals surface area contributed by atoms with E-state index in [0.717, 1.165) is 17.1 Å². The number of fused-ring (bicyclic) bond motifs is 1. The molecule has 1 aromatic carbocycles. The van der Waals surface area contributed by atoms with Crippen molar-refractivity contribution in [2.24, 2.45) is 5.41 Å². The molecule has 0 fully saturated rings. The number of amides is 1. The van der Waals surface area contributed by atoms with Gasteiger partial charge < -0.3 is 9.88 Å². The number of aryl methyl sites for hydroxylation is 1. The normalized spacial score (nSPS) is 11.8. The Morgan fingerprint density at radius 3 is 2.44 bits per heavy atom. The number of aromatic nitrogens is 2. The Bertz CT molecular complexity index is 982. The first kappa shape index (κ1) is 19.0. The average Bonchev–Trinajstić information content (AvgIpc) is 2.86. The van der Waals surface area contributed by atoms with Crippen LogP contribution in [0.15, 0.2) is 36.5 Å². The topological polar surface area (TPSA) is 46.9 Å². The summed E-state index contributed by atoms with van der Waals surface area (Å²) in [6.07, 6.45) is 2.22. The summed E-state index contributed by atoms with van der Waals surface area (Å²) in [6, 6.07) is 7.23. The molecule has 0 unspecified atom stereocenters. The number of anilines is 1. The third kappa shape index (κ3) is 4.70. The van der Waals surface area contributed by atoms with Crippen molar-refractivity contribution in [1.29, 1.82) is 0 Å². The molecule has 6 heteroatoms. The molecule has 0 saturated carbocycles. The molecule has 27 heavy (non-hydrogen) atoms. The minimum Gasteiger partial charge on any atom is -0.342 e. The van der Waals surface area contributed by atoms with E-state index in [2.05, 4.69) is 10.3 Å². The van der Waals surface area contributed by atoms with Crippen LogP contribution in [-0.4, -0.2) is 15.5 Å². The Morgan fingerprint density at radius 1 is 1.15 bits per heavy atom. The summed E-state index contributed by atoms with van der Waals surface area (Å²) in [5.74, 6) is -0.738. The maximum absolute atomic E-state index is 13.4. The minimum atomic E-state index is -0.598. The van der Waals surface area contributed by atoms with Gasteiger partial charge in [-0.15, -0.1) is 0 Å². The molecule has 0 aliphatic carbocycles. The summed E-state index contributed by atoms with van der Waals surface area (Å²) >= 11 is 0. The lowest BCUT2D eigenvalue weighted by atomic mass is 9.92. The van der Waals surface area contributed by atoms with Gasteiger partial charge in [0.1, 0.15) is 17.5 Å². The maximum atomic E-state index is 13.4. The number of halogens is 2. The fraction of sp³-hybridized carbons (Fsp3) is 0.333. The highest BCUT2D eigenvalue weighted by Gasteiger charge is 2.17. The molecule has 4 nitrogen and oxygen atoms in total. The number of hydrogen-bond donors (Lipinski definition) is 1. The van der Waals surface area contributed by atoms with Crippen LogP contribution in [0.1, 0.15) is 38.3 Å². The Balaban J connectivity index is 1.87. The van der Waals surface area contributed by atoms with E-state index in [4.69, 9.17) is 0 Å². The first-order valence-electron chi connectivity index (χ1n) is 8.82. The number of hydrogen-bond acceptors (Lipinski definition) is 2. The number of carbonyl (C=O) groups excluding carboxylic acids is 1. The van der Waals surface area contributed by atoms with Crippen molar-refractivity contribution < 1.29 is 13.6 Å². The molecular weight excluding hydrogens is 348 g/mol. The molecule has 0 aliphatic rings. The second-order valence-corrected chi connectivity index (χ2v) is 8.07. The predicted octanol–water partition coefficient (Wildman–Crippen LogP) is 5.05. The van der Waals surface area contributed by atoms with Crippen molar-refractivity contribution in [1.82, 2.24) is 9.55 Å². The highest BCUT2D eigenvalue weighted by atomic mass is 19.1. The van der Waals surface area contributed by atoms with Gasteiger partial charge in [0.15, 0.2) is 0 Å². The molecule has 0 aliphatic heterocycles. The number of rotatable bonds is 4. The monoisotopic (exact) mass is 371 g/mol. The Hall–Kier alpha value is -2.76. The van der Waals surface area contributed by atoms with E-state index in [1.165, 1.54) is 12.1 Å². The smallest absolute Gasteiger partial charge is 0.226 e. The molecule has 0 saturated heterocycles. The quantitative estimate of drug-likeness (QED) is 0.698. The number of nitrogens with one attached hydrogen (secondary N) is 1. The van der Waals surface area contributed by atoms with Crippen LogP contribution in [0.2, 0.25) is 0 Å². The summed E-state index contributed by atoms with van der Waals surface area (Å²) in [4.78, 5) is 16.7. The summed E-state index contributed by atoms with van der Waals surface area (Å²) < 4.78 is 28.7. The van der Waals surface area contributed by atoms with Gasteiger partial charge in [-0.2, -0.15) is 0 Å². The molecular formula is C21H23F2N3O. The molecule has 3 aromatic rings. The van der Waals surface area contributed by atoms with Gasteiger partial charge in [0.05, 0.1) is 11.0 Å². The van der Waals surface area contributed by atoms with Gasteiger partial charge in [-0.1, -0.05) is 20.8 Å². The molecule has 2 aromatic heterocycles. The summed E-state index contributed by atoms with van der Waals surface area (Å²) in [5.41, 5.74) is 2.81. The van der Waals surface area contributed by atoms with E-state index in [0.29, 0.717) is 29.9 Å². The third-order valence-electron chi connectivity index (χ3n) is 4.17. The number of nitrogens with zero attached hydrogens (tertiary/aromatic N) is 2. The van der Waals surface area contributed by atoms with Crippen LogP contribution in [0.25, 0.3) is 11.0 Å².